The third kappa shape index (κ3) is 5.95. The summed E-state index contributed by atoms with van der Waals surface area (Å²) in [5.74, 6) is 0.499. The fraction of sp³-hybridized carbons (Fsp3) is 0.200. The van der Waals surface area contributed by atoms with E-state index in [0.717, 1.165) is 5.56 Å². The van der Waals surface area contributed by atoms with Gasteiger partial charge in [0.05, 0.1) is 6.26 Å². The van der Waals surface area contributed by atoms with Crippen molar-refractivity contribution in [2.24, 2.45) is 0 Å². The first-order valence-corrected chi connectivity index (χ1v) is 9.70. The normalized spacial score (nSPS) is 11.4. The van der Waals surface area contributed by atoms with Gasteiger partial charge in [0.2, 0.25) is 5.78 Å². The molecule has 3 aromatic rings. The number of nitrogens with one attached hydrogen (secondary N) is 1. The summed E-state index contributed by atoms with van der Waals surface area (Å²) in [7, 11) is 0. The number of ether oxygens (including phenoxy) is 1. The monoisotopic (exact) mass is 403 g/mol. The van der Waals surface area contributed by atoms with Crippen molar-refractivity contribution in [3.05, 3.63) is 89.9 Å². The van der Waals surface area contributed by atoms with Crippen LogP contribution in [0, 0.1) is 0 Å². The smallest absolute Gasteiger partial charge is 0.262 e. The zero-order chi connectivity index (χ0) is 21.6. The first-order valence-electron chi connectivity index (χ1n) is 9.70. The molecule has 0 unspecified atom stereocenters. The highest BCUT2D eigenvalue weighted by molar-refractivity contribution is 6.04. The molecule has 1 aromatic heterocycles. The van der Waals surface area contributed by atoms with E-state index in [9.17, 15) is 9.59 Å². The second-order valence-electron chi connectivity index (χ2n) is 7.91. The van der Waals surface area contributed by atoms with Gasteiger partial charge in [-0.2, -0.15) is 0 Å². The van der Waals surface area contributed by atoms with Gasteiger partial charge in [-0.05, 0) is 59.0 Å². The average molecular weight is 403 g/mol. The highest BCUT2D eigenvalue weighted by atomic mass is 16.5. The molecule has 0 atom stereocenters. The minimum Gasteiger partial charge on any atom is -0.484 e. The fourth-order valence-electron chi connectivity index (χ4n) is 2.75. The number of allylic oxidation sites excluding steroid dienone is 1. The Bertz CT molecular complexity index is 1010. The van der Waals surface area contributed by atoms with E-state index < -0.39 is 0 Å². The Hall–Kier alpha value is -3.60. The van der Waals surface area contributed by atoms with Gasteiger partial charge in [0.1, 0.15) is 5.75 Å². The lowest BCUT2D eigenvalue weighted by Crippen LogP contribution is -2.20. The fourth-order valence-corrected chi connectivity index (χ4v) is 2.75. The minimum atomic E-state index is -0.244. The number of benzene rings is 2. The summed E-state index contributed by atoms with van der Waals surface area (Å²) in [6.07, 6.45) is 4.61. The van der Waals surface area contributed by atoms with Crippen LogP contribution >= 0.6 is 0 Å². The third-order valence-corrected chi connectivity index (χ3v) is 4.48. The molecular formula is C25H25NO4. The van der Waals surface area contributed by atoms with Gasteiger partial charge in [0.15, 0.2) is 12.4 Å². The van der Waals surface area contributed by atoms with E-state index in [1.807, 2.05) is 36.4 Å². The summed E-state index contributed by atoms with van der Waals surface area (Å²) < 4.78 is 10.6. The SMILES string of the molecule is CC(C)(C)c1ccc(OCC(=O)Nc2ccc(/C=C/C(=O)c3ccco3)cc2)cc1. The molecule has 0 aliphatic heterocycles. The summed E-state index contributed by atoms with van der Waals surface area (Å²) in [4.78, 5) is 24.0. The molecule has 0 spiro atoms. The van der Waals surface area contributed by atoms with Crippen LogP contribution < -0.4 is 10.1 Å². The molecule has 1 heterocycles. The maximum atomic E-state index is 12.1. The van der Waals surface area contributed by atoms with Crippen molar-refractivity contribution in [3.63, 3.8) is 0 Å². The maximum Gasteiger partial charge on any atom is 0.262 e. The molecule has 1 amide bonds. The predicted molar refractivity (Wildman–Crippen MR) is 118 cm³/mol. The molecule has 5 heteroatoms. The van der Waals surface area contributed by atoms with E-state index in [1.165, 1.54) is 17.9 Å². The van der Waals surface area contributed by atoms with E-state index in [4.69, 9.17) is 9.15 Å². The second kappa shape index (κ2) is 9.27. The van der Waals surface area contributed by atoms with E-state index >= 15 is 0 Å². The van der Waals surface area contributed by atoms with Crippen molar-refractivity contribution in [2.75, 3.05) is 11.9 Å². The van der Waals surface area contributed by atoms with E-state index in [2.05, 4.69) is 26.1 Å². The number of ketones is 1. The van der Waals surface area contributed by atoms with Crippen LogP contribution in [0.15, 0.2) is 77.4 Å². The van der Waals surface area contributed by atoms with Crippen LogP contribution in [-0.2, 0) is 10.2 Å². The molecule has 2 aromatic carbocycles. The minimum absolute atomic E-state index is 0.0727. The molecule has 1 N–H and O–H groups in total. The topological polar surface area (TPSA) is 68.5 Å². The van der Waals surface area contributed by atoms with Crippen LogP contribution in [0.3, 0.4) is 0 Å². The summed E-state index contributed by atoms with van der Waals surface area (Å²) >= 11 is 0. The number of hydrogen-bond acceptors (Lipinski definition) is 4. The highest BCUT2D eigenvalue weighted by Gasteiger charge is 2.13. The Kier molecular flexibility index (Phi) is 6.52. The van der Waals surface area contributed by atoms with Gasteiger partial charge in [-0.15, -0.1) is 0 Å². The average Bonchev–Trinajstić information content (AvgIpc) is 3.26. The van der Waals surface area contributed by atoms with Crippen LogP contribution in [-0.4, -0.2) is 18.3 Å². The number of amides is 1. The first-order chi connectivity index (χ1) is 14.3. The molecule has 30 heavy (non-hydrogen) atoms. The molecular weight excluding hydrogens is 378 g/mol. The van der Waals surface area contributed by atoms with Crippen LogP contribution in [0.4, 0.5) is 5.69 Å². The number of furan rings is 1. The standard InChI is InChI=1S/C25H25NO4/c1-25(2,3)19-9-13-21(14-10-19)30-17-24(28)26-20-11-6-18(7-12-20)8-15-22(27)23-5-4-16-29-23/h4-16H,17H2,1-3H3,(H,26,28)/b15-8+. The quantitative estimate of drug-likeness (QED) is 0.418. The summed E-state index contributed by atoms with van der Waals surface area (Å²) in [6, 6.07) is 18.2. The second-order valence-corrected chi connectivity index (χ2v) is 7.91. The number of hydrogen-bond donors (Lipinski definition) is 1. The van der Waals surface area contributed by atoms with Gasteiger partial charge < -0.3 is 14.5 Å². The molecule has 0 aliphatic rings. The Morgan fingerprint density at radius 1 is 1.00 bits per heavy atom. The molecule has 0 radical (unpaired) electrons. The lowest BCUT2D eigenvalue weighted by molar-refractivity contribution is -0.118. The zero-order valence-corrected chi connectivity index (χ0v) is 17.3. The summed E-state index contributed by atoms with van der Waals surface area (Å²) in [5, 5.41) is 2.79. The summed E-state index contributed by atoms with van der Waals surface area (Å²) in [6.45, 7) is 6.37. The van der Waals surface area contributed by atoms with Crippen molar-refractivity contribution >= 4 is 23.5 Å². The van der Waals surface area contributed by atoms with E-state index in [1.54, 1.807) is 30.3 Å². The molecule has 3 rings (SSSR count). The van der Waals surface area contributed by atoms with Crippen molar-refractivity contribution < 1.29 is 18.7 Å². The van der Waals surface area contributed by atoms with Gasteiger partial charge in [-0.3, -0.25) is 9.59 Å². The Morgan fingerprint density at radius 2 is 1.70 bits per heavy atom. The molecule has 0 fully saturated rings. The largest absolute Gasteiger partial charge is 0.484 e. The predicted octanol–water partition coefficient (Wildman–Crippen LogP) is 5.49. The van der Waals surface area contributed by atoms with Crippen LogP contribution in [0.25, 0.3) is 6.08 Å². The Balaban J connectivity index is 1.49. The Labute approximate surface area is 176 Å². The van der Waals surface area contributed by atoms with Crippen LogP contribution in [0.1, 0.15) is 42.5 Å². The van der Waals surface area contributed by atoms with Crippen molar-refractivity contribution in [3.8, 4) is 5.75 Å². The number of carbonyl (C=O) groups is 2. The van der Waals surface area contributed by atoms with Gasteiger partial charge in [0, 0.05) is 5.69 Å². The molecule has 0 saturated carbocycles. The molecule has 154 valence electrons. The van der Waals surface area contributed by atoms with Gasteiger partial charge in [-0.1, -0.05) is 51.1 Å². The third-order valence-electron chi connectivity index (χ3n) is 4.48. The molecule has 0 bridgehead atoms. The lowest BCUT2D eigenvalue weighted by atomic mass is 9.87. The van der Waals surface area contributed by atoms with Gasteiger partial charge >= 0.3 is 0 Å². The number of anilines is 1. The highest BCUT2D eigenvalue weighted by Crippen LogP contribution is 2.24. The molecule has 5 nitrogen and oxygen atoms in total. The maximum absolute atomic E-state index is 12.1. The van der Waals surface area contributed by atoms with Gasteiger partial charge in [0.25, 0.3) is 5.91 Å². The number of carbonyl (C=O) groups excluding carboxylic acids is 2. The van der Waals surface area contributed by atoms with Crippen molar-refractivity contribution in [1.82, 2.24) is 0 Å². The first kappa shape index (κ1) is 21.1. The molecule has 0 aliphatic carbocycles. The number of rotatable bonds is 7. The molecule has 0 saturated heterocycles. The Morgan fingerprint density at radius 3 is 2.30 bits per heavy atom. The summed E-state index contributed by atoms with van der Waals surface area (Å²) in [5.41, 5.74) is 2.77. The van der Waals surface area contributed by atoms with Crippen molar-refractivity contribution in [2.45, 2.75) is 26.2 Å². The van der Waals surface area contributed by atoms with E-state index in [-0.39, 0.29) is 23.7 Å². The van der Waals surface area contributed by atoms with Crippen LogP contribution in [0.5, 0.6) is 5.75 Å². The van der Waals surface area contributed by atoms with E-state index in [0.29, 0.717) is 17.2 Å². The zero-order valence-electron chi connectivity index (χ0n) is 17.3. The van der Waals surface area contributed by atoms with Crippen LogP contribution in [0.2, 0.25) is 0 Å². The lowest BCUT2D eigenvalue weighted by Gasteiger charge is -2.19. The van der Waals surface area contributed by atoms with Gasteiger partial charge in [-0.25, -0.2) is 0 Å². The van der Waals surface area contributed by atoms with Crippen molar-refractivity contribution in [1.29, 1.82) is 0 Å².